The van der Waals surface area contributed by atoms with Gasteiger partial charge in [0.05, 0.1) is 14.2 Å². The van der Waals surface area contributed by atoms with Gasteiger partial charge in [-0.15, -0.1) is 0 Å². The van der Waals surface area contributed by atoms with Crippen LogP contribution in [0.25, 0.3) is 0 Å². The van der Waals surface area contributed by atoms with Crippen molar-refractivity contribution in [3.8, 4) is 11.5 Å². The Labute approximate surface area is 135 Å². The van der Waals surface area contributed by atoms with Crippen LogP contribution in [0.15, 0.2) is 36.4 Å². The first kappa shape index (κ1) is 15.4. The van der Waals surface area contributed by atoms with E-state index in [9.17, 15) is 4.79 Å². The normalized spacial score (nSPS) is 12.6. The summed E-state index contributed by atoms with van der Waals surface area (Å²) in [6, 6.07) is 11.4. The molecule has 23 heavy (non-hydrogen) atoms. The molecule has 120 valence electrons. The third-order valence-electron chi connectivity index (χ3n) is 4.03. The van der Waals surface area contributed by atoms with Crippen LogP contribution in [0.3, 0.4) is 0 Å². The smallest absolute Gasteiger partial charge is 0.251 e. The van der Waals surface area contributed by atoms with Gasteiger partial charge in [0.25, 0.3) is 5.91 Å². The van der Waals surface area contributed by atoms with Gasteiger partial charge in [0.15, 0.2) is 0 Å². The summed E-state index contributed by atoms with van der Waals surface area (Å²) in [7, 11) is 3.21. The summed E-state index contributed by atoms with van der Waals surface area (Å²) in [5.41, 5.74) is 4.04. The number of amides is 1. The van der Waals surface area contributed by atoms with Gasteiger partial charge < -0.3 is 20.1 Å². The summed E-state index contributed by atoms with van der Waals surface area (Å²) in [6.45, 7) is 2.10. The van der Waals surface area contributed by atoms with Crippen molar-refractivity contribution >= 4 is 5.91 Å². The predicted octanol–water partition coefficient (Wildman–Crippen LogP) is 2.24. The molecule has 1 aliphatic heterocycles. The van der Waals surface area contributed by atoms with Crippen LogP contribution in [-0.4, -0.2) is 20.1 Å². The average Bonchev–Trinajstić information content (AvgIpc) is 3.07. The zero-order valence-corrected chi connectivity index (χ0v) is 13.3. The van der Waals surface area contributed by atoms with E-state index in [0.29, 0.717) is 17.9 Å². The molecule has 0 aliphatic carbocycles. The standard InChI is InChI=1S/C18H20N2O3/c1-22-16-6-5-14(17(8-16)23-2)11-20-18(21)12-3-4-13-9-19-10-15(13)7-12/h3-8,19H,9-11H2,1-2H3,(H,20,21). The monoisotopic (exact) mass is 312 g/mol. The first-order valence-electron chi connectivity index (χ1n) is 7.53. The molecular formula is C18H20N2O3. The molecule has 2 aromatic carbocycles. The van der Waals surface area contributed by atoms with Crippen LogP contribution in [0.5, 0.6) is 11.5 Å². The molecule has 1 heterocycles. The molecule has 0 spiro atoms. The molecule has 0 fully saturated rings. The summed E-state index contributed by atoms with van der Waals surface area (Å²) in [5, 5.41) is 6.22. The number of hydrogen-bond acceptors (Lipinski definition) is 4. The Morgan fingerprint density at radius 1 is 1.09 bits per heavy atom. The molecule has 2 N–H and O–H groups in total. The van der Waals surface area contributed by atoms with Gasteiger partial charge >= 0.3 is 0 Å². The van der Waals surface area contributed by atoms with E-state index < -0.39 is 0 Å². The van der Waals surface area contributed by atoms with Gasteiger partial charge in [0.1, 0.15) is 11.5 Å². The van der Waals surface area contributed by atoms with E-state index in [0.717, 1.165) is 24.4 Å². The van der Waals surface area contributed by atoms with E-state index in [1.54, 1.807) is 14.2 Å². The van der Waals surface area contributed by atoms with Crippen molar-refractivity contribution in [2.45, 2.75) is 19.6 Å². The SMILES string of the molecule is COc1ccc(CNC(=O)c2ccc3c(c2)CNC3)c(OC)c1. The number of carbonyl (C=O) groups excluding carboxylic acids is 1. The van der Waals surface area contributed by atoms with E-state index in [1.807, 2.05) is 36.4 Å². The minimum Gasteiger partial charge on any atom is -0.497 e. The van der Waals surface area contributed by atoms with Gasteiger partial charge in [0, 0.05) is 36.8 Å². The van der Waals surface area contributed by atoms with Gasteiger partial charge in [-0.05, 0) is 35.4 Å². The van der Waals surface area contributed by atoms with Gasteiger partial charge in [-0.3, -0.25) is 4.79 Å². The van der Waals surface area contributed by atoms with Gasteiger partial charge in [-0.25, -0.2) is 0 Å². The van der Waals surface area contributed by atoms with Crippen molar-refractivity contribution < 1.29 is 14.3 Å². The number of methoxy groups -OCH3 is 2. The Hall–Kier alpha value is -2.53. The van der Waals surface area contributed by atoms with Gasteiger partial charge in [0.2, 0.25) is 0 Å². The minimum absolute atomic E-state index is 0.0856. The fourth-order valence-electron chi connectivity index (χ4n) is 2.71. The van der Waals surface area contributed by atoms with E-state index in [4.69, 9.17) is 9.47 Å². The van der Waals surface area contributed by atoms with E-state index in [2.05, 4.69) is 10.6 Å². The second-order valence-electron chi connectivity index (χ2n) is 5.45. The van der Waals surface area contributed by atoms with Crippen molar-refractivity contribution in [2.24, 2.45) is 0 Å². The molecule has 5 heteroatoms. The zero-order chi connectivity index (χ0) is 16.2. The Morgan fingerprint density at radius 3 is 2.70 bits per heavy atom. The minimum atomic E-state index is -0.0856. The van der Waals surface area contributed by atoms with E-state index >= 15 is 0 Å². The molecule has 0 atom stereocenters. The summed E-state index contributed by atoms with van der Waals surface area (Å²) in [6.07, 6.45) is 0. The van der Waals surface area contributed by atoms with Crippen LogP contribution in [0.2, 0.25) is 0 Å². The lowest BCUT2D eigenvalue weighted by Crippen LogP contribution is -2.23. The first-order chi connectivity index (χ1) is 11.2. The molecule has 0 aromatic heterocycles. The van der Waals surface area contributed by atoms with E-state index in [1.165, 1.54) is 11.1 Å². The highest BCUT2D eigenvalue weighted by Gasteiger charge is 2.14. The number of benzene rings is 2. The maximum atomic E-state index is 12.3. The summed E-state index contributed by atoms with van der Waals surface area (Å²) >= 11 is 0. The molecule has 1 amide bonds. The van der Waals surface area contributed by atoms with Crippen molar-refractivity contribution in [3.63, 3.8) is 0 Å². The second kappa shape index (κ2) is 6.71. The largest absolute Gasteiger partial charge is 0.497 e. The molecule has 0 unspecified atom stereocenters. The summed E-state index contributed by atoms with van der Waals surface area (Å²) in [4.78, 5) is 12.3. The Morgan fingerprint density at radius 2 is 1.91 bits per heavy atom. The van der Waals surface area contributed by atoms with Crippen molar-refractivity contribution in [2.75, 3.05) is 14.2 Å². The summed E-state index contributed by atoms with van der Waals surface area (Å²) < 4.78 is 10.5. The van der Waals surface area contributed by atoms with Crippen molar-refractivity contribution in [1.29, 1.82) is 0 Å². The number of nitrogens with one attached hydrogen (secondary N) is 2. The number of rotatable bonds is 5. The quantitative estimate of drug-likeness (QED) is 0.889. The van der Waals surface area contributed by atoms with Gasteiger partial charge in [-0.1, -0.05) is 6.07 Å². The second-order valence-corrected chi connectivity index (χ2v) is 5.45. The highest BCUT2D eigenvalue weighted by molar-refractivity contribution is 5.94. The van der Waals surface area contributed by atoms with Crippen molar-refractivity contribution in [3.05, 3.63) is 58.7 Å². The number of fused-ring (bicyclic) bond motifs is 1. The van der Waals surface area contributed by atoms with Crippen LogP contribution in [0, 0.1) is 0 Å². The maximum Gasteiger partial charge on any atom is 0.251 e. The molecule has 0 saturated heterocycles. The highest BCUT2D eigenvalue weighted by Crippen LogP contribution is 2.24. The molecular weight excluding hydrogens is 292 g/mol. The number of hydrogen-bond donors (Lipinski definition) is 2. The molecule has 0 saturated carbocycles. The first-order valence-corrected chi connectivity index (χ1v) is 7.53. The summed E-state index contributed by atoms with van der Waals surface area (Å²) in [5.74, 6) is 1.34. The maximum absolute atomic E-state index is 12.3. The lowest BCUT2D eigenvalue weighted by atomic mass is 10.1. The number of carbonyl (C=O) groups is 1. The molecule has 3 rings (SSSR count). The highest BCUT2D eigenvalue weighted by atomic mass is 16.5. The Kier molecular flexibility index (Phi) is 4.48. The molecule has 0 bridgehead atoms. The van der Waals surface area contributed by atoms with Crippen LogP contribution in [0.1, 0.15) is 27.0 Å². The zero-order valence-electron chi connectivity index (χ0n) is 13.3. The lowest BCUT2D eigenvalue weighted by Gasteiger charge is -2.11. The molecule has 2 aromatic rings. The van der Waals surface area contributed by atoms with Crippen LogP contribution >= 0.6 is 0 Å². The molecule has 5 nitrogen and oxygen atoms in total. The lowest BCUT2D eigenvalue weighted by molar-refractivity contribution is 0.0950. The van der Waals surface area contributed by atoms with Crippen LogP contribution in [-0.2, 0) is 19.6 Å². The fourth-order valence-corrected chi connectivity index (χ4v) is 2.71. The average molecular weight is 312 g/mol. The topological polar surface area (TPSA) is 59.6 Å². The predicted molar refractivity (Wildman–Crippen MR) is 87.7 cm³/mol. The van der Waals surface area contributed by atoms with Gasteiger partial charge in [-0.2, -0.15) is 0 Å². The Balaban J connectivity index is 1.69. The van der Waals surface area contributed by atoms with Crippen LogP contribution < -0.4 is 20.1 Å². The molecule has 0 radical (unpaired) electrons. The third kappa shape index (κ3) is 3.29. The van der Waals surface area contributed by atoms with Crippen molar-refractivity contribution in [1.82, 2.24) is 10.6 Å². The van der Waals surface area contributed by atoms with Crippen LogP contribution in [0.4, 0.5) is 0 Å². The molecule has 1 aliphatic rings. The van der Waals surface area contributed by atoms with E-state index in [-0.39, 0.29) is 5.91 Å². The third-order valence-corrected chi connectivity index (χ3v) is 4.03. The Bertz CT molecular complexity index is 728. The fraction of sp³-hybridized carbons (Fsp3) is 0.278. The number of ether oxygens (including phenoxy) is 2.